The number of carbonyl (C=O) groups excluding carboxylic acids is 2. The summed E-state index contributed by atoms with van der Waals surface area (Å²) in [4.78, 5) is 28.9. The fourth-order valence-corrected chi connectivity index (χ4v) is 3.79. The second kappa shape index (κ2) is 11.0. The SMILES string of the molecule is COc1ccccc1CNC(=O)[C@H](Cc1c[nH]c2ccccc12)NC(=O)OCc1ccccc1. The Hall–Kier alpha value is -4.26. The molecule has 3 N–H and O–H groups in total. The minimum absolute atomic E-state index is 0.120. The molecule has 4 rings (SSSR count). The van der Waals surface area contributed by atoms with Gasteiger partial charge >= 0.3 is 6.09 Å². The first-order valence-corrected chi connectivity index (χ1v) is 11.1. The van der Waals surface area contributed by atoms with Crippen LogP contribution in [-0.4, -0.2) is 30.1 Å². The van der Waals surface area contributed by atoms with Crippen LogP contribution in [0, 0.1) is 0 Å². The largest absolute Gasteiger partial charge is 0.496 e. The first-order valence-electron chi connectivity index (χ1n) is 11.1. The minimum atomic E-state index is -0.822. The second-order valence-corrected chi connectivity index (χ2v) is 7.85. The number of rotatable bonds is 9. The average molecular weight is 458 g/mol. The molecule has 1 aromatic heterocycles. The second-order valence-electron chi connectivity index (χ2n) is 7.85. The first-order chi connectivity index (χ1) is 16.6. The fourth-order valence-electron chi connectivity index (χ4n) is 3.79. The summed E-state index contributed by atoms with van der Waals surface area (Å²) >= 11 is 0. The van der Waals surface area contributed by atoms with Gasteiger partial charge in [-0.25, -0.2) is 4.79 Å². The molecule has 0 radical (unpaired) electrons. The van der Waals surface area contributed by atoms with Gasteiger partial charge in [-0.15, -0.1) is 0 Å². The number of para-hydroxylation sites is 2. The van der Waals surface area contributed by atoms with Crippen LogP contribution in [0.3, 0.4) is 0 Å². The molecule has 2 amide bonds. The molecule has 3 aromatic carbocycles. The molecule has 0 aliphatic heterocycles. The summed E-state index contributed by atoms with van der Waals surface area (Å²) < 4.78 is 10.7. The number of H-pyrrole nitrogens is 1. The Labute approximate surface area is 198 Å². The monoisotopic (exact) mass is 457 g/mol. The van der Waals surface area contributed by atoms with E-state index in [2.05, 4.69) is 15.6 Å². The molecule has 7 heteroatoms. The Morgan fingerprint density at radius 3 is 2.47 bits per heavy atom. The molecular formula is C27H27N3O4. The smallest absolute Gasteiger partial charge is 0.408 e. The maximum atomic E-state index is 13.2. The third kappa shape index (κ3) is 5.75. The van der Waals surface area contributed by atoms with E-state index in [9.17, 15) is 9.59 Å². The van der Waals surface area contributed by atoms with Gasteiger partial charge in [0.05, 0.1) is 7.11 Å². The lowest BCUT2D eigenvalue weighted by atomic mass is 10.0. The molecule has 0 aliphatic carbocycles. The average Bonchev–Trinajstić information content (AvgIpc) is 3.29. The van der Waals surface area contributed by atoms with Gasteiger partial charge in [-0.1, -0.05) is 66.7 Å². The molecular weight excluding hydrogens is 430 g/mol. The van der Waals surface area contributed by atoms with E-state index in [0.717, 1.165) is 27.6 Å². The highest BCUT2D eigenvalue weighted by Gasteiger charge is 2.23. The summed E-state index contributed by atoms with van der Waals surface area (Å²) in [7, 11) is 1.59. The Morgan fingerprint density at radius 1 is 0.912 bits per heavy atom. The van der Waals surface area contributed by atoms with Gasteiger partial charge in [-0.3, -0.25) is 4.79 Å². The van der Waals surface area contributed by atoms with E-state index in [1.54, 1.807) is 7.11 Å². The van der Waals surface area contributed by atoms with E-state index in [1.807, 2.05) is 85.1 Å². The Kier molecular flexibility index (Phi) is 7.45. The molecule has 0 saturated heterocycles. The molecule has 0 aliphatic rings. The van der Waals surface area contributed by atoms with Crippen LogP contribution in [-0.2, 0) is 29.1 Å². The number of fused-ring (bicyclic) bond motifs is 1. The number of amides is 2. The first kappa shape index (κ1) is 22.9. The molecule has 4 aromatic rings. The summed E-state index contributed by atoms with van der Waals surface area (Å²) in [5, 5.41) is 6.65. The molecule has 0 spiro atoms. The maximum Gasteiger partial charge on any atom is 0.408 e. The van der Waals surface area contributed by atoms with E-state index in [1.165, 1.54) is 0 Å². The molecule has 1 heterocycles. The van der Waals surface area contributed by atoms with Crippen LogP contribution in [0.25, 0.3) is 10.9 Å². The van der Waals surface area contributed by atoms with Gasteiger partial charge in [0, 0.05) is 35.6 Å². The summed E-state index contributed by atoms with van der Waals surface area (Å²) in [6.07, 6.45) is 1.52. The molecule has 0 saturated carbocycles. The number of hydrogen-bond acceptors (Lipinski definition) is 4. The zero-order chi connectivity index (χ0) is 23.8. The van der Waals surface area contributed by atoms with Crippen LogP contribution in [0.4, 0.5) is 4.79 Å². The third-order valence-electron chi connectivity index (χ3n) is 5.57. The van der Waals surface area contributed by atoms with Crippen LogP contribution in [0.1, 0.15) is 16.7 Å². The maximum absolute atomic E-state index is 13.2. The third-order valence-corrected chi connectivity index (χ3v) is 5.57. The molecule has 0 fully saturated rings. The number of hydrogen-bond donors (Lipinski definition) is 3. The van der Waals surface area contributed by atoms with E-state index in [-0.39, 0.29) is 19.1 Å². The summed E-state index contributed by atoms with van der Waals surface area (Å²) in [5.74, 6) is 0.374. The lowest BCUT2D eigenvalue weighted by Crippen LogP contribution is -2.48. The van der Waals surface area contributed by atoms with Gasteiger partial charge in [0.1, 0.15) is 18.4 Å². The number of alkyl carbamates (subject to hydrolysis) is 1. The molecule has 34 heavy (non-hydrogen) atoms. The van der Waals surface area contributed by atoms with Crippen molar-refractivity contribution in [3.05, 3.63) is 102 Å². The lowest BCUT2D eigenvalue weighted by molar-refractivity contribution is -0.123. The minimum Gasteiger partial charge on any atom is -0.496 e. The molecule has 0 unspecified atom stereocenters. The lowest BCUT2D eigenvalue weighted by Gasteiger charge is -2.19. The van der Waals surface area contributed by atoms with Gasteiger partial charge in [0.15, 0.2) is 0 Å². The van der Waals surface area contributed by atoms with Crippen molar-refractivity contribution >= 4 is 22.9 Å². The number of methoxy groups -OCH3 is 1. The van der Waals surface area contributed by atoms with Crippen molar-refractivity contribution in [1.29, 1.82) is 0 Å². The number of benzene rings is 3. The van der Waals surface area contributed by atoms with Crippen molar-refractivity contribution in [3.63, 3.8) is 0 Å². The summed E-state index contributed by atoms with van der Waals surface area (Å²) in [6.45, 7) is 0.392. The highest BCUT2D eigenvalue weighted by Crippen LogP contribution is 2.20. The normalized spacial score (nSPS) is 11.6. The van der Waals surface area contributed by atoms with E-state index in [0.29, 0.717) is 12.2 Å². The van der Waals surface area contributed by atoms with Gasteiger partial charge in [0.25, 0.3) is 0 Å². The zero-order valence-corrected chi connectivity index (χ0v) is 18.9. The summed E-state index contributed by atoms with van der Waals surface area (Å²) in [5.41, 5.74) is 3.61. The van der Waals surface area contributed by atoms with Crippen molar-refractivity contribution in [2.75, 3.05) is 7.11 Å². The topological polar surface area (TPSA) is 92.5 Å². The highest BCUT2D eigenvalue weighted by molar-refractivity contribution is 5.88. The standard InChI is InChI=1S/C27H27N3O4/c1-33-25-14-8-5-11-20(25)16-29-26(31)24(15-21-17-28-23-13-7-6-12-22(21)23)30-27(32)34-18-19-9-3-2-4-10-19/h2-14,17,24,28H,15-16,18H2,1H3,(H,29,31)(H,30,32)/t24-/m0/s1. The summed E-state index contributed by atoms with van der Waals surface area (Å²) in [6, 6.07) is 23.9. The van der Waals surface area contributed by atoms with Crippen LogP contribution in [0.5, 0.6) is 5.75 Å². The van der Waals surface area contributed by atoms with Crippen LogP contribution in [0.15, 0.2) is 85.1 Å². The van der Waals surface area contributed by atoms with Crippen molar-refractivity contribution in [2.45, 2.75) is 25.6 Å². The zero-order valence-electron chi connectivity index (χ0n) is 18.9. The number of carbonyl (C=O) groups is 2. The van der Waals surface area contributed by atoms with Crippen molar-refractivity contribution in [1.82, 2.24) is 15.6 Å². The molecule has 174 valence electrons. The Bertz CT molecular complexity index is 1250. The molecule has 7 nitrogen and oxygen atoms in total. The number of nitrogens with one attached hydrogen (secondary N) is 3. The van der Waals surface area contributed by atoms with Crippen molar-refractivity contribution < 1.29 is 19.1 Å². The van der Waals surface area contributed by atoms with E-state index < -0.39 is 12.1 Å². The van der Waals surface area contributed by atoms with Crippen LogP contribution in [0.2, 0.25) is 0 Å². The fraction of sp³-hybridized carbons (Fsp3) is 0.185. The van der Waals surface area contributed by atoms with E-state index in [4.69, 9.17) is 9.47 Å². The van der Waals surface area contributed by atoms with Gasteiger partial charge < -0.3 is 25.1 Å². The van der Waals surface area contributed by atoms with Gasteiger partial charge in [0.2, 0.25) is 5.91 Å². The highest BCUT2D eigenvalue weighted by atomic mass is 16.5. The molecule has 1 atom stereocenters. The van der Waals surface area contributed by atoms with E-state index >= 15 is 0 Å². The number of aromatic nitrogens is 1. The Morgan fingerprint density at radius 2 is 1.65 bits per heavy atom. The predicted octanol–water partition coefficient (Wildman–Crippen LogP) is 4.33. The predicted molar refractivity (Wildman–Crippen MR) is 130 cm³/mol. The molecule has 0 bridgehead atoms. The van der Waals surface area contributed by atoms with Crippen LogP contribution < -0.4 is 15.4 Å². The van der Waals surface area contributed by atoms with Gasteiger partial charge in [-0.2, -0.15) is 0 Å². The Balaban J connectivity index is 1.46. The van der Waals surface area contributed by atoms with Crippen molar-refractivity contribution in [3.8, 4) is 5.75 Å². The number of aromatic amines is 1. The van der Waals surface area contributed by atoms with Crippen molar-refractivity contribution in [2.24, 2.45) is 0 Å². The quantitative estimate of drug-likeness (QED) is 0.349. The van der Waals surface area contributed by atoms with Crippen LogP contribution >= 0.6 is 0 Å². The van der Waals surface area contributed by atoms with Gasteiger partial charge in [-0.05, 0) is 23.3 Å². The number of ether oxygens (including phenoxy) is 2.